The van der Waals surface area contributed by atoms with E-state index in [9.17, 15) is 4.79 Å². The average molecular weight is 241 g/mol. The number of carbonyl (C=O) groups is 1. The van der Waals surface area contributed by atoms with Crippen LogP contribution in [0.4, 0.5) is 4.79 Å². The largest absolute Gasteiger partial charge is 0.378 e. The zero-order valence-corrected chi connectivity index (χ0v) is 10.8. The summed E-state index contributed by atoms with van der Waals surface area (Å²) in [4.78, 5) is 16.0. The SMILES string of the molecule is CC(CNC(=O)N1CCOCC1)N(C)C1CC1. The second-order valence-corrected chi connectivity index (χ2v) is 5.03. The Morgan fingerprint density at radius 1 is 1.47 bits per heavy atom. The maximum atomic E-state index is 11.9. The van der Waals surface area contributed by atoms with Crippen molar-refractivity contribution in [1.29, 1.82) is 0 Å². The minimum Gasteiger partial charge on any atom is -0.378 e. The summed E-state index contributed by atoms with van der Waals surface area (Å²) in [5.41, 5.74) is 0. The molecule has 98 valence electrons. The standard InChI is InChI=1S/C12H23N3O2/c1-10(14(2)11-3-4-11)9-13-12(16)15-5-7-17-8-6-15/h10-11H,3-9H2,1-2H3,(H,13,16). The van der Waals surface area contributed by atoms with E-state index in [2.05, 4.69) is 24.2 Å². The highest BCUT2D eigenvalue weighted by molar-refractivity contribution is 5.74. The van der Waals surface area contributed by atoms with E-state index in [4.69, 9.17) is 4.74 Å². The Morgan fingerprint density at radius 3 is 2.71 bits per heavy atom. The highest BCUT2D eigenvalue weighted by Crippen LogP contribution is 2.26. The van der Waals surface area contributed by atoms with Gasteiger partial charge in [0.15, 0.2) is 0 Å². The van der Waals surface area contributed by atoms with Crippen LogP contribution in [-0.4, -0.2) is 67.8 Å². The molecule has 1 unspecified atom stereocenters. The second-order valence-electron chi connectivity index (χ2n) is 5.03. The molecule has 2 fully saturated rings. The topological polar surface area (TPSA) is 44.8 Å². The first-order chi connectivity index (χ1) is 8.18. The van der Waals surface area contributed by atoms with Gasteiger partial charge in [0.2, 0.25) is 0 Å². The molecule has 17 heavy (non-hydrogen) atoms. The van der Waals surface area contributed by atoms with Gasteiger partial charge in [0.25, 0.3) is 0 Å². The molecule has 5 nitrogen and oxygen atoms in total. The molecule has 5 heteroatoms. The molecule has 2 rings (SSSR count). The highest BCUT2D eigenvalue weighted by atomic mass is 16.5. The molecule has 1 N–H and O–H groups in total. The average Bonchev–Trinajstić information content (AvgIpc) is 3.20. The third-order valence-electron chi connectivity index (χ3n) is 3.67. The van der Waals surface area contributed by atoms with Crippen LogP contribution in [0.5, 0.6) is 0 Å². The van der Waals surface area contributed by atoms with Crippen LogP contribution in [0.2, 0.25) is 0 Å². The molecule has 2 amide bonds. The fraction of sp³-hybridized carbons (Fsp3) is 0.917. The molecule has 1 heterocycles. The fourth-order valence-corrected chi connectivity index (χ4v) is 2.10. The number of nitrogens with zero attached hydrogens (tertiary/aromatic N) is 2. The minimum absolute atomic E-state index is 0.0457. The van der Waals surface area contributed by atoms with Crippen molar-refractivity contribution in [1.82, 2.24) is 15.1 Å². The summed E-state index contributed by atoms with van der Waals surface area (Å²) in [6.45, 7) is 5.62. The second kappa shape index (κ2) is 5.69. The van der Waals surface area contributed by atoms with Gasteiger partial charge in [-0.3, -0.25) is 4.90 Å². The smallest absolute Gasteiger partial charge is 0.317 e. The van der Waals surface area contributed by atoms with E-state index < -0.39 is 0 Å². The summed E-state index contributed by atoms with van der Waals surface area (Å²) in [5.74, 6) is 0. The van der Waals surface area contributed by atoms with E-state index in [0.717, 1.165) is 12.6 Å². The van der Waals surface area contributed by atoms with Crippen LogP contribution in [0.1, 0.15) is 19.8 Å². The maximum absolute atomic E-state index is 11.9. The van der Waals surface area contributed by atoms with Crippen molar-refractivity contribution in [3.63, 3.8) is 0 Å². The van der Waals surface area contributed by atoms with Crippen LogP contribution < -0.4 is 5.32 Å². The van der Waals surface area contributed by atoms with Gasteiger partial charge in [0, 0.05) is 31.7 Å². The predicted molar refractivity (Wildman–Crippen MR) is 66.0 cm³/mol. The number of likely N-dealkylation sites (N-methyl/N-ethyl adjacent to an activating group) is 1. The van der Waals surface area contributed by atoms with E-state index in [-0.39, 0.29) is 6.03 Å². The van der Waals surface area contributed by atoms with E-state index in [0.29, 0.717) is 32.3 Å². The molecule has 1 aliphatic carbocycles. The molecule has 0 bridgehead atoms. The molecule has 0 aromatic carbocycles. The summed E-state index contributed by atoms with van der Waals surface area (Å²) >= 11 is 0. The van der Waals surface area contributed by atoms with Gasteiger partial charge in [0.05, 0.1) is 13.2 Å². The molecule has 2 aliphatic rings. The predicted octanol–water partition coefficient (Wildman–Crippen LogP) is 0.511. The van der Waals surface area contributed by atoms with Crippen LogP contribution >= 0.6 is 0 Å². The summed E-state index contributed by atoms with van der Waals surface area (Å²) in [6, 6.07) is 1.20. The quantitative estimate of drug-likeness (QED) is 0.780. The Balaban J connectivity index is 1.67. The Hall–Kier alpha value is -0.810. The van der Waals surface area contributed by atoms with E-state index in [1.165, 1.54) is 12.8 Å². The number of rotatable bonds is 4. The third kappa shape index (κ3) is 3.57. The molecule has 0 aromatic rings. The third-order valence-corrected chi connectivity index (χ3v) is 3.67. The summed E-state index contributed by atoms with van der Waals surface area (Å²) in [7, 11) is 2.14. The van der Waals surface area contributed by atoms with Crippen LogP contribution in [0.25, 0.3) is 0 Å². The summed E-state index contributed by atoms with van der Waals surface area (Å²) in [5, 5.41) is 3.01. The first-order valence-electron chi connectivity index (χ1n) is 6.51. The summed E-state index contributed by atoms with van der Waals surface area (Å²) < 4.78 is 5.22. The van der Waals surface area contributed by atoms with Crippen molar-refractivity contribution in [2.45, 2.75) is 31.8 Å². The monoisotopic (exact) mass is 241 g/mol. The summed E-state index contributed by atoms with van der Waals surface area (Å²) in [6.07, 6.45) is 2.61. The maximum Gasteiger partial charge on any atom is 0.317 e. The molecule has 1 saturated heterocycles. The van der Waals surface area contributed by atoms with Gasteiger partial charge in [-0.15, -0.1) is 0 Å². The van der Waals surface area contributed by atoms with Gasteiger partial charge < -0.3 is 15.0 Å². The Morgan fingerprint density at radius 2 is 2.12 bits per heavy atom. The van der Waals surface area contributed by atoms with E-state index in [1.807, 2.05) is 4.90 Å². The fourth-order valence-electron chi connectivity index (χ4n) is 2.10. The Bertz CT molecular complexity index is 262. The molecule has 1 atom stereocenters. The number of morpholine rings is 1. The van der Waals surface area contributed by atoms with Crippen LogP contribution in [0, 0.1) is 0 Å². The van der Waals surface area contributed by atoms with Crippen LogP contribution in [0.3, 0.4) is 0 Å². The van der Waals surface area contributed by atoms with Gasteiger partial charge in [-0.1, -0.05) is 0 Å². The number of ether oxygens (including phenoxy) is 1. The first kappa shape index (κ1) is 12.6. The van der Waals surface area contributed by atoms with Crippen molar-refractivity contribution in [2.24, 2.45) is 0 Å². The number of carbonyl (C=O) groups excluding carboxylic acids is 1. The van der Waals surface area contributed by atoms with Gasteiger partial charge >= 0.3 is 6.03 Å². The van der Waals surface area contributed by atoms with Gasteiger partial charge in [0.1, 0.15) is 0 Å². The van der Waals surface area contributed by atoms with Crippen LogP contribution in [-0.2, 0) is 4.74 Å². The van der Waals surface area contributed by atoms with E-state index >= 15 is 0 Å². The van der Waals surface area contributed by atoms with E-state index in [1.54, 1.807) is 0 Å². The van der Waals surface area contributed by atoms with Crippen molar-refractivity contribution in [3.8, 4) is 0 Å². The minimum atomic E-state index is 0.0457. The van der Waals surface area contributed by atoms with Crippen molar-refractivity contribution in [2.75, 3.05) is 39.9 Å². The Labute approximate surface area is 103 Å². The lowest BCUT2D eigenvalue weighted by atomic mass is 10.3. The number of amides is 2. The zero-order chi connectivity index (χ0) is 12.3. The lowest BCUT2D eigenvalue weighted by Crippen LogP contribution is -2.49. The number of hydrogen-bond donors (Lipinski definition) is 1. The Kier molecular flexibility index (Phi) is 4.23. The lowest BCUT2D eigenvalue weighted by Gasteiger charge is -2.29. The van der Waals surface area contributed by atoms with Crippen molar-refractivity contribution >= 4 is 6.03 Å². The lowest BCUT2D eigenvalue weighted by molar-refractivity contribution is 0.0528. The first-order valence-corrected chi connectivity index (χ1v) is 6.51. The normalized spacial score (nSPS) is 22.6. The van der Waals surface area contributed by atoms with Crippen LogP contribution in [0.15, 0.2) is 0 Å². The van der Waals surface area contributed by atoms with Gasteiger partial charge in [-0.25, -0.2) is 4.79 Å². The molecule has 0 radical (unpaired) electrons. The van der Waals surface area contributed by atoms with Crippen molar-refractivity contribution in [3.05, 3.63) is 0 Å². The zero-order valence-electron chi connectivity index (χ0n) is 10.8. The molecular weight excluding hydrogens is 218 g/mol. The molecule has 1 aliphatic heterocycles. The highest BCUT2D eigenvalue weighted by Gasteiger charge is 2.29. The number of nitrogens with one attached hydrogen (secondary N) is 1. The van der Waals surface area contributed by atoms with Crippen molar-refractivity contribution < 1.29 is 9.53 Å². The van der Waals surface area contributed by atoms with Gasteiger partial charge in [-0.2, -0.15) is 0 Å². The molecule has 1 saturated carbocycles. The van der Waals surface area contributed by atoms with Gasteiger partial charge in [-0.05, 0) is 26.8 Å². The molecule has 0 spiro atoms. The molecule has 0 aromatic heterocycles. The number of hydrogen-bond acceptors (Lipinski definition) is 3. The molecular formula is C12H23N3O2. The number of urea groups is 1.